The average molecular weight is 123 g/mol. The molecular weight excluding hydrogens is 114 g/mol. The summed E-state index contributed by atoms with van der Waals surface area (Å²) in [6.45, 7) is 0. The molecule has 0 aromatic carbocycles. The van der Waals surface area contributed by atoms with Crippen LogP contribution in [0.4, 0.5) is 0 Å². The molecule has 0 saturated heterocycles. The fraction of sp³-hybridized carbons (Fsp3) is 1.00. The van der Waals surface area contributed by atoms with Crippen molar-refractivity contribution < 1.29 is 14.0 Å². The molecule has 0 aromatic heterocycles. The molecule has 0 bridgehead atoms. The maximum atomic E-state index is 8.49. The Morgan fingerprint density at radius 1 is 1.57 bits per heavy atom. The fourth-order valence-corrected chi connectivity index (χ4v) is 0.306. The highest BCUT2D eigenvalue weighted by atomic mass is 28.4. The summed E-state index contributed by atoms with van der Waals surface area (Å²) in [6.07, 6.45) is 0. The summed E-state index contributed by atoms with van der Waals surface area (Å²) in [5.74, 6) is 0. The molecule has 0 aromatic rings. The molecule has 0 aliphatic carbocycles. The maximum Gasteiger partial charge on any atom is 0.590 e. The van der Waals surface area contributed by atoms with Gasteiger partial charge in [0.25, 0.3) is 0 Å². The van der Waals surface area contributed by atoms with E-state index in [1.165, 1.54) is 14.2 Å². The molecule has 0 aliphatic rings. The van der Waals surface area contributed by atoms with Gasteiger partial charge in [0.2, 0.25) is 0 Å². The first-order valence-electron chi connectivity index (χ1n) is 1.81. The van der Waals surface area contributed by atoms with Crippen LogP contribution >= 0.6 is 0 Å². The monoisotopic (exact) mass is 123 g/mol. The van der Waals surface area contributed by atoms with Crippen LogP contribution in [0.5, 0.6) is 0 Å². The van der Waals surface area contributed by atoms with Crippen LogP contribution in [0, 0.1) is 0 Å². The summed E-state index contributed by atoms with van der Waals surface area (Å²) in [5.41, 5.74) is 0. The van der Waals surface area contributed by atoms with E-state index < -0.39 is 8.97 Å². The fourth-order valence-electron chi connectivity index (χ4n) is 0.102. The van der Waals surface area contributed by atoms with Crippen LogP contribution in [-0.2, 0) is 4.43 Å². The minimum absolute atomic E-state index is 1.24. The third-order valence-corrected chi connectivity index (χ3v) is 1.83. The van der Waals surface area contributed by atoms with Gasteiger partial charge in [0, 0.05) is 7.11 Å². The Hall–Kier alpha value is 0.0569. The Bertz CT molecular complexity index is 50.9. The SMILES string of the molecule is CN[Si](O)(O)OC. The van der Waals surface area contributed by atoms with Crippen LogP contribution in [0.1, 0.15) is 0 Å². The van der Waals surface area contributed by atoms with Crippen LogP contribution in [0.3, 0.4) is 0 Å². The summed E-state index contributed by atoms with van der Waals surface area (Å²) in [4.78, 5) is 19.2. The van der Waals surface area contributed by atoms with E-state index in [1.807, 2.05) is 0 Å². The zero-order valence-corrected chi connectivity index (χ0v) is 5.30. The molecule has 0 rings (SSSR count). The summed E-state index contributed by atoms with van der Waals surface area (Å²) >= 11 is 0. The molecule has 0 unspecified atom stereocenters. The van der Waals surface area contributed by atoms with Crippen LogP contribution in [-0.4, -0.2) is 32.7 Å². The van der Waals surface area contributed by atoms with E-state index in [0.29, 0.717) is 0 Å². The van der Waals surface area contributed by atoms with E-state index in [2.05, 4.69) is 9.41 Å². The van der Waals surface area contributed by atoms with Gasteiger partial charge in [-0.25, -0.2) is 0 Å². The summed E-state index contributed by atoms with van der Waals surface area (Å²) in [7, 11) is -0.736. The van der Waals surface area contributed by atoms with Crippen molar-refractivity contribution in [3.8, 4) is 0 Å². The van der Waals surface area contributed by atoms with Gasteiger partial charge in [-0.3, -0.25) is 4.98 Å². The number of nitrogens with one attached hydrogen (secondary N) is 1. The summed E-state index contributed by atoms with van der Waals surface area (Å²) in [5, 5.41) is 0. The van der Waals surface area contributed by atoms with Crippen molar-refractivity contribution in [3.63, 3.8) is 0 Å². The van der Waals surface area contributed by atoms with Gasteiger partial charge in [-0.2, -0.15) is 0 Å². The molecule has 5 heteroatoms. The highest BCUT2D eigenvalue weighted by Crippen LogP contribution is 1.80. The highest BCUT2D eigenvalue weighted by molar-refractivity contribution is 6.54. The predicted octanol–water partition coefficient (Wildman–Crippen LogP) is -1.73. The van der Waals surface area contributed by atoms with Gasteiger partial charge in [-0.1, -0.05) is 0 Å². The standard InChI is InChI=1S/C2H9NO3Si/c1-3-7(4,5)6-2/h3-5H,1-2H3. The van der Waals surface area contributed by atoms with E-state index >= 15 is 0 Å². The lowest BCUT2D eigenvalue weighted by Gasteiger charge is -2.10. The quantitative estimate of drug-likeness (QED) is 0.382. The first-order valence-corrected chi connectivity index (χ1v) is 3.61. The van der Waals surface area contributed by atoms with Gasteiger partial charge in [-0.15, -0.1) is 0 Å². The van der Waals surface area contributed by atoms with Gasteiger partial charge in [-0.05, 0) is 7.05 Å². The molecule has 4 nitrogen and oxygen atoms in total. The molecule has 0 heterocycles. The summed E-state index contributed by atoms with van der Waals surface area (Å²) in [6, 6.07) is 0. The molecule has 0 fully saturated rings. The number of hydrogen-bond donors (Lipinski definition) is 3. The molecule has 7 heavy (non-hydrogen) atoms. The van der Waals surface area contributed by atoms with Crippen molar-refractivity contribution in [2.24, 2.45) is 0 Å². The minimum atomic E-state index is -3.40. The van der Waals surface area contributed by atoms with Crippen molar-refractivity contribution >= 4 is 8.97 Å². The van der Waals surface area contributed by atoms with Crippen molar-refractivity contribution in [2.45, 2.75) is 0 Å². The Labute approximate surface area is 43.2 Å². The third kappa shape index (κ3) is 2.72. The predicted molar refractivity (Wildman–Crippen MR) is 26.3 cm³/mol. The molecule has 0 radical (unpaired) electrons. The molecule has 0 amide bonds. The second-order valence-corrected chi connectivity index (χ2v) is 3.19. The Morgan fingerprint density at radius 3 is 2.00 bits per heavy atom. The van der Waals surface area contributed by atoms with E-state index in [0.717, 1.165) is 0 Å². The zero-order chi connectivity index (χ0) is 5.91. The van der Waals surface area contributed by atoms with Crippen LogP contribution in [0.2, 0.25) is 0 Å². The van der Waals surface area contributed by atoms with Gasteiger partial charge in [0.05, 0.1) is 0 Å². The highest BCUT2D eigenvalue weighted by Gasteiger charge is 2.28. The van der Waals surface area contributed by atoms with Gasteiger partial charge >= 0.3 is 8.97 Å². The van der Waals surface area contributed by atoms with Gasteiger partial charge in [0.1, 0.15) is 0 Å². The van der Waals surface area contributed by atoms with E-state index in [9.17, 15) is 0 Å². The first-order chi connectivity index (χ1) is 3.12. The number of rotatable bonds is 2. The van der Waals surface area contributed by atoms with Gasteiger partial charge < -0.3 is 14.0 Å². The van der Waals surface area contributed by atoms with E-state index in [-0.39, 0.29) is 0 Å². The molecule has 0 aliphatic heterocycles. The summed E-state index contributed by atoms with van der Waals surface area (Å²) < 4.78 is 4.23. The van der Waals surface area contributed by atoms with Crippen LogP contribution in [0.15, 0.2) is 0 Å². The van der Waals surface area contributed by atoms with Crippen LogP contribution in [0.25, 0.3) is 0 Å². The van der Waals surface area contributed by atoms with Crippen molar-refractivity contribution in [2.75, 3.05) is 14.2 Å². The maximum absolute atomic E-state index is 8.49. The van der Waals surface area contributed by atoms with Crippen molar-refractivity contribution in [3.05, 3.63) is 0 Å². The topological polar surface area (TPSA) is 61.7 Å². The van der Waals surface area contributed by atoms with Crippen molar-refractivity contribution in [1.82, 2.24) is 4.98 Å². The van der Waals surface area contributed by atoms with E-state index in [4.69, 9.17) is 9.59 Å². The molecule has 0 spiro atoms. The third-order valence-electron chi connectivity index (χ3n) is 0.610. The molecular formula is C2H9NO3Si. The van der Waals surface area contributed by atoms with Crippen molar-refractivity contribution in [1.29, 1.82) is 0 Å². The van der Waals surface area contributed by atoms with Gasteiger partial charge in [0.15, 0.2) is 0 Å². The Kier molecular flexibility index (Phi) is 2.41. The first kappa shape index (κ1) is 7.06. The molecule has 0 atom stereocenters. The molecule has 3 N–H and O–H groups in total. The molecule has 44 valence electrons. The Morgan fingerprint density at radius 2 is 2.00 bits per heavy atom. The second kappa shape index (κ2) is 2.39. The lowest BCUT2D eigenvalue weighted by Crippen LogP contribution is -2.51. The minimum Gasteiger partial charge on any atom is -0.377 e. The smallest absolute Gasteiger partial charge is 0.377 e. The number of hydrogen-bond acceptors (Lipinski definition) is 4. The Balaban J connectivity index is 3.36. The normalized spacial score (nSPS) is 12.0. The van der Waals surface area contributed by atoms with E-state index in [1.54, 1.807) is 0 Å². The van der Waals surface area contributed by atoms with Crippen LogP contribution < -0.4 is 4.98 Å². The second-order valence-electron chi connectivity index (χ2n) is 1.06. The average Bonchev–Trinajstić information content (AvgIpc) is 1.68. The lowest BCUT2D eigenvalue weighted by atomic mass is 11.6. The largest absolute Gasteiger partial charge is 0.590 e. The zero-order valence-electron chi connectivity index (χ0n) is 4.30. The molecule has 0 saturated carbocycles. The lowest BCUT2D eigenvalue weighted by molar-refractivity contribution is 0.173.